The van der Waals surface area contributed by atoms with Crippen LogP contribution in [0.4, 0.5) is 11.4 Å². The normalized spacial score (nSPS) is 12.2. The molecule has 0 unspecified atom stereocenters. The zero-order valence-corrected chi connectivity index (χ0v) is 39.0. The molecule has 65 heavy (non-hydrogen) atoms. The Labute approximate surface area is 396 Å². The summed E-state index contributed by atoms with van der Waals surface area (Å²) >= 11 is 24.5. The molecule has 0 saturated carbocycles. The fraction of sp³-hybridized carbons (Fsp3) is 0.174. The van der Waals surface area contributed by atoms with Crippen molar-refractivity contribution in [1.82, 2.24) is 24.9 Å². The number of nitrogens with one attached hydrogen (secondary N) is 3. The van der Waals surface area contributed by atoms with Crippen molar-refractivity contribution in [1.29, 1.82) is 0 Å². The van der Waals surface area contributed by atoms with E-state index >= 15 is 0 Å². The van der Waals surface area contributed by atoms with E-state index in [1.807, 2.05) is 39.8 Å². The van der Waals surface area contributed by atoms with Crippen LogP contribution in [-0.2, 0) is 38.3 Å². The van der Waals surface area contributed by atoms with Gasteiger partial charge in [-0.3, -0.25) is 24.0 Å². The molecule has 7 aromatic rings. The zero-order chi connectivity index (χ0) is 46.1. The van der Waals surface area contributed by atoms with Gasteiger partial charge in [-0.05, 0) is 89.7 Å². The van der Waals surface area contributed by atoms with Crippen molar-refractivity contribution in [3.8, 4) is 0 Å². The van der Waals surface area contributed by atoms with Crippen LogP contribution < -0.4 is 9.44 Å². The summed E-state index contributed by atoms with van der Waals surface area (Å²) in [5.74, 6) is -0.896. The molecular weight excluding hydrogens is 952 g/mol. The van der Waals surface area contributed by atoms with Crippen molar-refractivity contribution in [3.63, 3.8) is 0 Å². The van der Waals surface area contributed by atoms with Gasteiger partial charge in [0.25, 0.3) is 20.0 Å². The van der Waals surface area contributed by atoms with Gasteiger partial charge in [0.1, 0.15) is 17.0 Å². The van der Waals surface area contributed by atoms with Crippen molar-refractivity contribution in [2.75, 3.05) is 9.44 Å². The lowest BCUT2D eigenvalue weighted by atomic mass is 9.87. The number of fused-ring (bicyclic) bond motifs is 2. The number of nitrogens with zero attached hydrogens (tertiary/aromatic N) is 4. The lowest BCUT2D eigenvalue weighted by Gasteiger charge is -2.21. The summed E-state index contributed by atoms with van der Waals surface area (Å²) in [6.45, 7) is 7.69. The number of benzene rings is 2. The van der Waals surface area contributed by atoms with Crippen LogP contribution >= 0.6 is 46.4 Å². The first-order valence-electron chi connectivity index (χ1n) is 19.4. The van der Waals surface area contributed by atoms with Crippen molar-refractivity contribution in [2.45, 2.75) is 63.2 Å². The van der Waals surface area contributed by atoms with E-state index in [-0.39, 0.29) is 55.4 Å². The molecule has 0 fully saturated rings. The van der Waals surface area contributed by atoms with E-state index in [2.05, 4.69) is 34.4 Å². The van der Waals surface area contributed by atoms with Crippen molar-refractivity contribution >= 4 is 107 Å². The first kappa shape index (κ1) is 48.8. The molecule has 0 saturated heterocycles. The van der Waals surface area contributed by atoms with Gasteiger partial charge in [0.2, 0.25) is 11.6 Å². The Balaban J connectivity index is 0.000000212. The standard InChI is InChI=1S/C23H20Cl2N4O3S.C22H17Cl2N3O3S.CH4/c1-23(2,3)17-11-14(4-5-18(17)25)33(31,32)29-19-10-13(24)12-28-20(19)21(30)15-6-8-26-22-16(15)7-9-27-22;1-2-13-10-15(6-7-18(13)24)31(29,30)27-20-11-14(23)12-26-21(20)22(28)17-8-9-25-19-5-3-4-16(17)19;/h4-12,29H,1-3H3,(H,26,27);3-4,6-12,27H,2,5H2,1H3;1H4. The molecular formula is C46H41Cl4N7O6S2. The second-order valence-corrected chi connectivity index (χ2v) is 20.4. The highest BCUT2D eigenvalue weighted by Crippen LogP contribution is 2.34. The summed E-state index contributed by atoms with van der Waals surface area (Å²) in [6.07, 6.45) is 12.3. The number of aromatic nitrogens is 5. The highest BCUT2D eigenvalue weighted by atomic mass is 35.5. The second kappa shape index (κ2) is 19.4. The molecule has 5 heterocycles. The van der Waals surface area contributed by atoms with E-state index in [4.69, 9.17) is 46.4 Å². The van der Waals surface area contributed by atoms with Gasteiger partial charge in [-0.2, -0.15) is 0 Å². The minimum Gasteiger partial charge on any atom is -0.346 e. The minimum atomic E-state index is -4.08. The lowest BCUT2D eigenvalue weighted by Crippen LogP contribution is -2.19. The summed E-state index contributed by atoms with van der Waals surface area (Å²) in [5.41, 5.74) is 3.61. The van der Waals surface area contributed by atoms with E-state index in [9.17, 15) is 26.4 Å². The number of hydrogen-bond acceptors (Lipinski definition) is 10. The van der Waals surface area contributed by atoms with E-state index < -0.39 is 31.6 Å². The Morgan fingerprint density at radius 3 is 1.86 bits per heavy atom. The van der Waals surface area contributed by atoms with Crippen LogP contribution in [0.3, 0.4) is 0 Å². The molecule has 8 rings (SSSR count). The topological polar surface area (TPSA) is 194 Å². The molecule has 1 aliphatic carbocycles. The maximum Gasteiger partial charge on any atom is 0.261 e. The van der Waals surface area contributed by atoms with Crippen LogP contribution in [0.5, 0.6) is 0 Å². The molecule has 5 aromatic heterocycles. The van der Waals surface area contributed by atoms with Crippen molar-refractivity contribution < 1.29 is 26.4 Å². The van der Waals surface area contributed by atoms with Crippen molar-refractivity contribution in [2.24, 2.45) is 0 Å². The molecule has 3 N–H and O–H groups in total. The van der Waals surface area contributed by atoms with Gasteiger partial charge >= 0.3 is 0 Å². The fourth-order valence-electron chi connectivity index (χ4n) is 6.80. The summed E-state index contributed by atoms with van der Waals surface area (Å²) in [7, 11) is -8.09. The van der Waals surface area contributed by atoms with Gasteiger partial charge in [-0.15, -0.1) is 0 Å². The average Bonchev–Trinajstić information content (AvgIpc) is 3.94. The quantitative estimate of drug-likeness (QED) is 0.105. The number of aryl methyl sites for hydroxylation is 1. The Hall–Kier alpha value is -5.68. The number of anilines is 2. The summed E-state index contributed by atoms with van der Waals surface area (Å²) < 4.78 is 57.5. The largest absolute Gasteiger partial charge is 0.346 e. The number of halogens is 4. The van der Waals surface area contributed by atoms with E-state index in [0.29, 0.717) is 61.7 Å². The summed E-state index contributed by atoms with van der Waals surface area (Å²) in [6, 6.07) is 16.5. The van der Waals surface area contributed by atoms with Gasteiger partial charge < -0.3 is 4.98 Å². The number of ketones is 2. The van der Waals surface area contributed by atoms with E-state index in [1.54, 1.807) is 36.7 Å². The number of carbonyl (C=O) groups is 2. The minimum absolute atomic E-state index is 0. The molecule has 19 heteroatoms. The Morgan fingerprint density at radius 2 is 1.26 bits per heavy atom. The Morgan fingerprint density at radius 1 is 0.708 bits per heavy atom. The van der Waals surface area contributed by atoms with Crippen LogP contribution in [0.15, 0.2) is 114 Å². The number of aromatic amines is 1. The first-order valence-corrected chi connectivity index (χ1v) is 23.9. The number of allylic oxidation sites excluding steroid dienone is 1. The monoisotopic (exact) mass is 991 g/mol. The van der Waals surface area contributed by atoms with Crippen LogP contribution in [0.1, 0.15) is 89.6 Å². The van der Waals surface area contributed by atoms with Gasteiger partial charge in [0.05, 0.1) is 36.9 Å². The first-order chi connectivity index (χ1) is 30.3. The van der Waals surface area contributed by atoms with Crippen molar-refractivity contribution in [3.05, 3.63) is 169 Å². The third-order valence-electron chi connectivity index (χ3n) is 10.0. The maximum atomic E-state index is 13.3. The number of sulfonamides is 2. The summed E-state index contributed by atoms with van der Waals surface area (Å²) in [5, 5.41) is 1.92. The lowest BCUT2D eigenvalue weighted by molar-refractivity contribution is 0.102. The Bertz CT molecular complexity index is 3260. The number of pyridine rings is 4. The molecule has 0 amide bonds. The molecule has 2 aromatic carbocycles. The van der Waals surface area contributed by atoms with Gasteiger partial charge in [-0.25, -0.2) is 31.8 Å². The van der Waals surface area contributed by atoms with E-state index in [0.717, 1.165) is 5.69 Å². The number of rotatable bonds is 11. The van der Waals surface area contributed by atoms with Gasteiger partial charge in [-0.1, -0.05) is 93.7 Å². The Kier molecular flexibility index (Phi) is 14.6. The highest BCUT2D eigenvalue weighted by Gasteiger charge is 2.27. The number of carbonyl (C=O) groups excluding carboxylic acids is 2. The molecule has 0 aliphatic heterocycles. The third kappa shape index (κ3) is 10.6. The molecule has 0 spiro atoms. The third-order valence-corrected chi connectivity index (χ3v) is 13.8. The van der Waals surface area contributed by atoms with Gasteiger partial charge in [0, 0.05) is 69.5 Å². The van der Waals surface area contributed by atoms with Crippen LogP contribution in [-0.4, -0.2) is 53.3 Å². The SMILES string of the molecule is C.CC(C)(C)c1cc(S(=O)(=O)Nc2cc(Cl)cnc2C(=O)c2ccnc3[nH]ccc23)ccc1Cl.CCc1cc(S(=O)(=O)Nc2cc(Cl)cnc2C(=O)c2ccnc3c2C=CC3)ccc1Cl. The smallest absolute Gasteiger partial charge is 0.261 e. The van der Waals surface area contributed by atoms with Gasteiger partial charge in [0.15, 0.2) is 0 Å². The molecule has 336 valence electrons. The summed E-state index contributed by atoms with van der Waals surface area (Å²) in [4.78, 5) is 46.3. The number of hydrogen-bond donors (Lipinski definition) is 3. The van der Waals surface area contributed by atoms with Crippen LogP contribution in [0, 0.1) is 0 Å². The van der Waals surface area contributed by atoms with Crippen LogP contribution in [0.25, 0.3) is 17.1 Å². The molecule has 0 bridgehead atoms. The highest BCUT2D eigenvalue weighted by molar-refractivity contribution is 7.93. The predicted molar refractivity (Wildman–Crippen MR) is 258 cm³/mol. The predicted octanol–water partition coefficient (Wildman–Crippen LogP) is 11.2. The second-order valence-electron chi connectivity index (χ2n) is 15.4. The average molecular weight is 994 g/mol. The number of H-pyrrole nitrogens is 1. The van der Waals surface area contributed by atoms with Crippen LogP contribution in [0.2, 0.25) is 20.1 Å². The maximum absolute atomic E-state index is 13.3. The van der Waals surface area contributed by atoms with E-state index in [1.165, 1.54) is 61.1 Å². The fourth-order valence-corrected chi connectivity index (χ4v) is 9.96. The zero-order valence-electron chi connectivity index (χ0n) is 34.4. The molecule has 0 radical (unpaired) electrons. The molecule has 1 aliphatic rings. The molecule has 13 nitrogen and oxygen atoms in total. The molecule has 0 atom stereocenters.